The molecule has 1 spiro atoms. The van der Waals surface area contributed by atoms with Gasteiger partial charge in [-0.05, 0) is 18.2 Å². The number of nitrogens with one attached hydrogen (secondary N) is 1. The van der Waals surface area contributed by atoms with Gasteiger partial charge >= 0.3 is 0 Å². The molecule has 0 aliphatic carbocycles. The number of likely N-dealkylation sites (tertiary alicyclic amines) is 1. The molecule has 0 saturated carbocycles. The van der Waals surface area contributed by atoms with Gasteiger partial charge in [0.2, 0.25) is 6.79 Å². The summed E-state index contributed by atoms with van der Waals surface area (Å²) in [4.78, 5) is 31.8. The largest absolute Gasteiger partial charge is 0.454 e. The third-order valence-electron chi connectivity index (χ3n) is 5.43. The van der Waals surface area contributed by atoms with E-state index in [-0.39, 0.29) is 18.6 Å². The Labute approximate surface area is 162 Å². The number of hydrogen-bond donors (Lipinski definition) is 1. The standard InChI is InChI=1S/C21H19N3O4/c25-19-18(14-4-2-1-3-5-14)22-21(23-19)8-10-24(11-9-21)20(26)15-6-7-16-17(12-15)28-13-27-16/h1-7,12H,8-11,13H2,(H,23,25). The highest BCUT2D eigenvalue weighted by Gasteiger charge is 2.43. The number of aliphatic imine (C=N–C) groups is 1. The molecule has 0 atom stereocenters. The van der Waals surface area contributed by atoms with Crippen LogP contribution in [0.4, 0.5) is 0 Å². The van der Waals surface area contributed by atoms with E-state index in [0.29, 0.717) is 48.7 Å². The lowest BCUT2D eigenvalue weighted by Crippen LogP contribution is -2.52. The van der Waals surface area contributed by atoms with Gasteiger partial charge in [0.1, 0.15) is 11.4 Å². The molecule has 28 heavy (non-hydrogen) atoms. The van der Waals surface area contributed by atoms with Crippen LogP contribution in [0.15, 0.2) is 53.5 Å². The first-order valence-electron chi connectivity index (χ1n) is 9.30. The smallest absolute Gasteiger partial charge is 0.272 e. The third-order valence-corrected chi connectivity index (χ3v) is 5.43. The number of carbonyl (C=O) groups is 2. The second-order valence-electron chi connectivity index (χ2n) is 7.17. The van der Waals surface area contributed by atoms with E-state index in [9.17, 15) is 9.59 Å². The van der Waals surface area contributed by atoms with E-state index in [2.05, 4.69) is 5.32 Å². The van der Waals surface area contributed by atoms with E-state index in [1.54, 1.807) is 23.1 Å². The van der Waals surface area contributed by atoms with E-state index in [1.165, 1.54) is 0 Å². The lowest BCUT2D eigenvalue weighted by Gasteiger charge is -2.37. The number of benzene rings is 2. The lowest BCUT2D eigenvalue weighted by molar-refractivity contribution is -0.115. The van der Waals surface area contributed by atoms with Crippen LogP contribution in [0, 0.1) is 0 Å². The average Bonchev–Trinajstić information content (AvgIpc) is 3.32. The Hall–Kier alpha value is -3.35. The van der Waals surface area contributed by atoms with Crippen molar-refractivity contribution < 1.29 is 19.1 Å². The average molecular weight is 377 g/mol. The summed E-state index contributed by atoms with van der Waals surface area (Å²) in [5.74, 6) is 1.05. The van der Waals surface area contributed by atoms with Gasteiger partial charge in [-0.2, -0.15) is 0 Å². The molecular weight excluding hydrogens is 358 g/mol. The highest BCUT2D eigenvalue weighted by molar-refractivity contribution is 6.46. The van der Waals surface area contributed by atoms with Gasteiger partial charge < -0.3 is 19.7 Å². The summed E-state index contributed by atoms with van der Waals surface area (Å²) >= 11 is 0. The number of hydrogen-bond acceptors (Lipinski definition) is 5. The molecule has 1 N–H and O–H groups in total. The van der Waals surface area contributed by atoms with Crippen LogP contribution < -0.4 is 14.8 Å². The molecule has 7 heteroatoms. The number of ether oxygens (including phenoxy) is 2. The van der Waals surface area contributed by atoms with E-state index in [4.69, 9.17) is 14.5 Å². The predicted molar refractivity (Wildman–Crippen MR) is 102 cm³/mol. The maximum absolute atomic E-state index is 12.9. The van der Waals surface area contributed by atoms with Crippen LogP contribution in [-0.2, 0) is 4.79 Å². The quantitative estimate of drug-likeness (QED) is 0.868. The normalized spacial score (nSPS) is 19.5. The van der Waals surface area contributed by atoms with Crippen LogP contribution in [0.2, 0.25) is 0 Å². The van der Waals surface area contributed by atoms with Crippen LogP contribution in [-0.4, -0.2) is 48.0 Å². The second-order valence-corrected chi connectivity index (χ2v) is 7.17. The molecule has 0 aromatic heterocycles. The molecule has 0 bridgehead atoms. The number of nitrogens with zero attached hydrogens (tertiary/aromatic N) is 2. The van der Waals surface area contributed by atoms with Crippen LogP contribution >= 0.6 is 0 Å². The fourth-order valence-corrected chi connectivity index (χ4v) is 3.88. The van der Waals surface area contributed by atoms with E-state index < -0.39 is 5.66 Å². The van der Waals surface area contributed by atoms with Gasteiger partial charge in [0, 0.05) is 37.1 Å². The maximum Gasteiger partial charge on any atom is 0.272 e. The zero-order chi connectivity index (χ0) is 19.1. The van der Waals surface area contributed by atoms with E-state index in [0.717, 1.165) is 5.56 Å². The van der Waals surface area contributed by atoms with Gasteiger partial charge in [0.05, 0.1) is 0 Å². The van der Waals surface area contributed by atoms with Crippen molar-refractivity contribution in [1.82, 2.24) is 10.2 Å². The Bertz CT molecular complexity index is 978. The molecule has 3 aliphatic heterocycles. The molecule has 2 aromatic carbocycles. The summed E-state index contributed by atoms with van der Waals surface area (Å²) in [6.07, 6.45) is 1.18. The first-order chi connectivity index (χ1) is 13.6. The number of piperidine rings is 1. The maximum atomic E-state index is 12.9. The van der Waals surface area contributed by atoms with Gasteiger partial charge in [-0.1, -0.05) is 30.3 Å². The van der Waals surface area contributed by atoms with Crippen molar-refractivity contribution in [2.75, 3.05) is 19.9 Å². The van der Waals surface area contributed by atoms with Crippen molar-refractivity contribution in [3.8, 4) is 11.5 Å². The summed E-state index contributed by atoms with van der Waals surface area (Å²) in [5.41, 5.74) is 1.24. The number of fused-ring (bicyclic) bond motifs is 1. The lowest BCUT2D eigenvalue weighted by atomic mass is 9.97. The molecule has 142 valence electrons. The number of carbonyl (C=O) groups excluding carboxylic acids is 2. The Balaban J connectivity index is 1.31. The topological polar surface area (TPSA) is 80.2 Å². The minimum absolute atomic E-state index is 0.0512. The number of rotatable bonds is 2. The summed E-state index contributed by atoms with van der Waals surface area (Å²) in [6, 6.07) is 14.7. The summed E-state index contributed by atoms with van der Waals surface area (Å²) < 4.78 is 10.7. The molecule has 3 heterocycles. The SMILES string of the molecule is O=C1NC2(CCN(C(=O)c3ccc4c(c3)OCO4)CC2)N=C1c1ccccc1. The summed E-state index contributed by atoms with van der Waals surface area (Å²) in [7, 11) is 0. The molecule has 5 rings (SSSR count). The van der Waals surface area contributed by atoms with E-state index in [1.807, 2.05) is 30.3 Å². The highest BCUT2D eigenvalue weighted by Crippen LogP contribution is 2.34. The van der Waals surface area contributed by atoms with Crippen LogP contribution in [0.3, 0.4) is 0 Å². The number of amides is 2. The van der Waals surface area contributed by atoms with Gasteiger partial charge in [-0.25, -0.2) is 0 Å². The van der Waals surface area contributed by atoms with Crippen molar-refractivity contribution in [3.05, 3.63) is 59.7 Å². The summed E-state index contributed by atoms with van der Waals surface area (Å²) in [5, 5.41) is 3.03. The first kappa shape index (κ1) is 16.8. The Kier molecular flexibility index (Phi) is 3.82. The minimum atomic E-state index is -0.617. The zero-order valence-electron chi connectivity index (χ0n) is 15.2. The summed E-state index contributed by atoms with van der Waals surface area (Å²) in [6.45, 7) is 1.24. The second kappa shape index (κ2) is 6.37. The first-order valence-corrected chi connectivity index (χ1v) is 9.30. The Morgan fingerprint density at radius 2 is 1.79 bits per heavy atom. The molecule has 2 aromatic rings. The fraction of sp³-hybridized carbons (Fsp3) is 0.286. The van der Waals surface area contributed by atoms with Crippen molar-refractivity contribution in [1.29, 1.82) is 0 Å². The fourth-order valence-electron chi connectivity index (χ4n) is 3.88. The highest BCUT2D eigenvalue weighted by atomic mass is 16.7. The molecule has 0 unspecified atom stereocenters. The molecule has 1 fully saturated rings. The Morgan fingerprint density at radius 3 is 2.57 bits per heavy atom. The Morgan fingerprint density at radius 1 is 1.04 bits per heavy atom. The molecular formula is C21H19N3O4. The predicted octanol–water partition coefficient (Wildman–Crippen LogP) is 1.97. The van der Waals surface area contributed by atoms with Gasteiger partial charge in [-0.3, -0.25) is 14.6 Å². The minimum Gasteiger partial charge on any atom is -0.454 e. The van der Waals surface area contributed by atoms with Crippen molar-refractivity contribution in [3.63, 3.8) is 0 Å². The van der Waals surface area contributed by atoms with Crippen LogP contribution in [0.1, 0.15) is 28.8 Å². The van der Waals surface area contributed by atoms with Crippen molar-refractivity contribution in [2.45, 2.75) is 18.5 Å². The molecule has 3 aliphatic rings. The molecule has 0 radical (unpaired) electrons. The third kappa shape index (κ3) is 2.79. The van der Waals surface area contributed by atoms with E-state index >= 15 is 0 Å². The van der Waals surface area contributed by atoms with Crippen LogP contribution in [0.25, 0.3) is 0 Å². The van der Waals surface area contributed by atoms with Gasteiger partial charge in [0.15, 0.2) is 11.5 Å². The van der Waals surface area contributed by atoms with Crippen molar-refractivity contribution >= 4 is 17.5 Å². The van der Waals surface area contributed by atoms with Gasteiger partial charge in [-0.15, -0.1) is 0 Å². The zero-order valence-corrected chi connectivity index (χ0v) is 15.2. The molecule has 2 amide bonds. The monoisotopic (exact) mass is 377 g/mol. The van der Waals surface area contributed by atoms with Gasteiger partial charge in [0.25, 0.3) is 11.8 Å². The van der Waals surface area contributed by atoms with Crippen LogP contribution in [0.5, 0.6) is 11.5 Å². The van der Waals surface area contributed by atoms with Crippen molar-refractivity contribution in [2.24, 2.45) is 4.99 Å². The molecule has 1 saturated heterocycles. The molecule has 7 nitrogen and oxygen atoms in total.